The van der Waals surface area contributed by atoms with Crippen molar-refractivity contribution < 1.29 is 4.74 Å². The second-order valence-corrected chi connectivity index (χ2v) is 8.79. The van der Waals surface area contributed by atoms with Crippen molar-refractivity contribution in [3.63, 3.8) is 0 Å². The molecule has 3 aliphatic rings. The maximum atomic E-state index is 6.41. The lowest BCUT2D eigenvalue weighted by Gasteiger charge is -2.34. The third-order valence-corrected chi connectivity index (χ3v) is 5.76. The van der Waals surface area contributed by atoms with Crippen LogP contribution in [0.3, 0.4) is 0 Å². The van der Waals surface area contributed by atoms with Gasteiger partial charge in [-0.2, -0.15) is 0 Å². The maximum absolute atomic E-state index is 6.41. The highest BCUT2D eigenvalue weighted by molar-refractivity contribution is 5.06. The van der Waals surface area contributed by atoms with Gasteiger partial charge in [-0.05, 0) is 72.3 Å². The predicted octanol–water partition coefficient (Wildman–Crippen LogP) is 2.90. The summed E-state index contributed by atoms with van der Waals surface area (Å²) in [7, 11) is 2.09. The Balaban J connectivity index is 1.69. The third kappa shape index (κ3) is 3.62. The molecule has 3 heteroatoms. The van der Waals surface area contributed by atoms with E-state index in [1.165, 1.54) is 45.3 Å². The van der Waals surface area contributed by atoms with Gasteiger partial charge in [-0.1, -0.05) is 0 Å². The van der Waals surface area contributed by atoms with Crippen LogP contribution >= 0.6 is 0 Å². The van der Waals surface area contributed by atoms with Crippen LogP contribution in [-0.2, 0) is 4.74 Å². The Morgan fingerprint density at radius 1 is 0.905 bits per heavy atom. The van der Waals surface area contributed by atoms with Crippen LogP contribution in [0, 0.1) is 17.8 Å². The fourth-order valence-corrected chi connectivity index (χ4v) is 4.41. The molecule has 0 amide bonds. The molecule has 3 nitrogen and oxygen atoms in total. The van der Waals surface area contributed by atoms with Gasteiger partial charge in [0.25, 0.3) is 0 Å². The molecule has 0 aromatic carbocycles. The molecule has 0 radical (unpaired) electrons. The van der Waals surface area contributed by atoms with Crippen LogP contribution in [0.2, 0.25) is 0 Å². The molecule has 1 aliphatic heterocycles. The molecule has 2 unspecified atom stereocenters. The van der Waals surface area contributed by atoms with Crippen LogP contribution in [0.4, 0.5) is 0 Å². The molecule has 1 N–H and O–H groups in total. The number of ether oxygens (including phenoxy) is 1. The second-order valence-electron chi connectivity index (χ2n) is 8.79. The smallest absolute Gasteiger partial charge is 0.0790 e. The first-order valence-electron chi connectivity index (χ1n) is 8.91. The van der Waals surface area contributed by atoms with Gasteiger partial charge in [-0.25, -0.2) is 0 Å². The molecule has 0 bridgehead atoms. The Morgan fingerprint density at radius 3 is 1.86 bits per heavy atom. The normalized spacial score (nSPS) is 34.6. The van der Waals surface area contributed by atoms with Crippen molar-refractivity contribution in [1.82, 2.24) is 10.2 Å². The monoisotopic (exact) mass is 294 g/mol. The van der Waals surface area contributed by atoms with E-state index in [0.717, 1.165) is 11.8 Å². The van der Waals surface area contributed by atoms with Crippen LogP contribution < -0.4 is 5.32 Å². The first kappa shape index (κ1) is 15.8. The molecule has 2 aliphatic carbocycles. The minimum absolute atomic E-state index is 0.0392. The van der Waals surface area contributed by atoms with Gasteiger partial charge >= 0.3 is 0 Å². The Labute approximate surface area is 130 Å². The van der Waals surface area contributed by atoms with Crippen LogP contribution in [0.5, 0.6) is 0 Å². The van der Waals surface area contributed by atoms with E-state index in [1.54, 1.807) is 0 Å². The van der Waals surface area contributed by atoms with Gasteiger partial charge in [0.2, 0.25) is 0 Å². The lowest BCUT2D eigenvalue weighted by molar-refractivity contribution is -0.0795. The van der Waals surface area contributed by atoms with Crippen molar-refractivity contribution in [3.8, 4) is 0 Å². The Morgan fingerprint density at radius 2 is 1.43 bits per heavy atom. The van der Waals surface area contributed by atoms with Gasteiger partial charge in [0.05, 0.1) is 11.2 Å². The average molecular weight is 294 g/mol. The minimum Gasteiger partial charge on any atom is -0.368 e. The van der Waals surface area contributed by atoms with Crippen molar-refractivity contribution in [3.05, 3.63) is 0 Å². The lowest BCUT2D eigenvalue weighted by Crippen LogP contribution is -2.50. The van der Waals surface area contributed by atoms with Gasteiger partial charge in [-0.3, -0.25) is 0 Å². The van der Waals surface area contributed by atoms with Gasteiger partial charge in [0, 0.05) is 31.6 Å². The zero-order valence-corrected chi connectivity index (χ0v) is 14.6. The summed E-state index contributed by atoms with van der Waals surface area (Å²) in [5.74, 6) is 2.53. The van der Waals surface area contributed by atoms with E-state index in [-0.39, 0.29) is 11.2 Å². The summed E-state index contributed by atoms with van der Waals surface area (Å²) in [6, 6.07) is 0.438. The Bertz CT molecular complexity index is 357. The molecule has 3 rings (SSSR count). The summed E-state index contributed by atoms with van der Waals surface area (Å²) in [6.45, 7) is 12.9. The Hall–Kier alpha value is -0.120. The molecule has 1 heterocycles. The van der Waals surface area contributed by atoms with Gasteiger partial charge in [0.15, 0.2) is 0 Å². The predicted molar refractivity (Wildman–Crippen MR) is 87.5 cm³/mol. The number of hydrogen-bond donors (Lipinski definition) is 1. The van der Waals surface area contributed by atoms with E-state index in [1.807, 2.05) is 0 Å². The van der Waals surface area contributed by atoms with Crippen LogP contribution in [0.15, 0.2) is 0 Å². The van der Waals surface area contributed by atoms with Crippen LogP contribution in [-0.4, -0.2) is 48.8 Å². The van der Waals surface area contributed by atoms with Crippen LogP contribution in [0.1, 0.15) is 53.4 Å². The zero-order chi connectivity index (χ0) is 15.3. The topological polar surface area (TPSA) is 24.5 Å². The molecule has 0 aromatic rings. The summed E-state index contributed by atoms with van der Waals surface area (Å²) < 4.78 is 6.41. The fourth-order valence-electron chi connectivity index (χ4n) is 4.41. The molecule has 3 fully saturated rings. The zero-order valence-electron chi connectivity index (χ0n) is 14.6. The molecular weight excluding hydrogens is 260 g/mol. The fraction of sp³-hybridized carbons (Fsp3) is 1.00. The van der Waals surface area contributed by atoms with E-state index in [9.17, 15) is 0 Å². The molecule has 122 valence electrons. The van der Waals surface area contributed by atoms with Crippen molar-refractivity contribution in [2.24, 2.45) is 17.8 Å². The largest absolute Gasteiger partial charge is 0.368 e. The number of nitrogens with one attached hydrogen (secondary N) is 1. The van der Waals surface area contributed by atoms with E-state index in [0.29, 0.717) is 12.0 Å². The third-order valence-electron chi connectivity index (χ3n) is 5.76. The van der Waals surface area contributed by atoms with Gasteiger partial charge in [-0.15, -0.1) is 0 Å². The molecule has 0 aromatic heterocycles. The summed E-state index contributed by atoms with van der Waals surface area (Å²) in [6.07, 6.45) is 5.80. The summed E-state index contributed by atoms with van der Waals surface area (Å²) in [4.78, 5) is 2.76. The van der Waals surface area contributed by atoms with Crippen molar-refractivity contribution in [2.75, 3.05) is 26.7 Å². The van der Waals surface area contributed by atoms with E-state index < -0.39 is 0 Å². The van der Waals surface area contributed by atoms with Crippen molar-refractivity contribution in [1.29, 1.82) is 0 Å². The van der Waals surface area contributed by atoms with Gasteiger partial charge in [0.1, 0.15) is 0 Å². The summed E-state index contributed by atoms with van der Waals surface area (Å²) in [5.41, 5.74) is -0.115. The molecule has 1 saturated heterocycles. The lowest BCUT2D eigenvalue weighted by atomic mass is 9.82. The first-order valence-corrected chi connectivity index (χ1v) is 8.91. The maximum Gasteiger partial charge on any atom is 0.0790 e. The van der Waals surface area contributed by atoms with E-state index in [2.05, 4.69) is 45.0 Å². The van der Waals surface area contributed by atoms with Gasteiger partial charge < -0.3 is 15.0 Å². The SMILES string of the molecule is CNC1C(CN(CC2CC2)CC2CC2)C(C)(C)OC1(C)C. The number of hydrogen-bond acceptors (Lipinski definition) is 3. The second kappa shape index (κ2) is 5.50. The van der Waals surface area contributed by atoms with E-state index in [4.69, 9.17) is 4.74 Å². The molecule has 2 atom stereocenters. The highest BCUT2D eigenvalue weighted by Gasteiger charge is 2.53. The highest BCUT2D eigenvalue weighted by Crippen LogP contribution is 2.43. The van der Waals surface area contributed by atoms with Crippen LogP contribution in [0.25, 0.3) is 0 Å². The Kier molecular flexibility index (Phi) is 4.13. The molecule has 0 spiro atoms. The highest BCUT2D eigenvalue weighted by atomic mass is 16.5. The average Bonchev–Trinajstić information content (AvgIpc) is 3.21. The minimum atomic E-state index is -0.0756. The van der Waals surface area contributed by atoms with Crippen molar-refractivity contribution in [2.45, 2.75) is 70.6 Å². The first-order chi connectivity index (χ1) is 9.82. The number of rotatable bonds is 7. The molecular formula is C18H34N2O. The summed E-state index contributed by atoms with van der Waals surface area (Å²) in [5, 5.41) is 3.55. The number of likely N-dealkylation sites (N-methyl/N-ethyl adjacent to an activating group) is 1. The molecule has 2 saturated carbocycles. The van der Waals surface area contributed by atoms with Crippen molar-refractivity contribution >= 4 is 0 Å². The molecule has 21 heavy (non-hydrogen) atoms. The van der Waals surface area contributed by atoms with E-state index >= 15 is 0 Å². The standard InChI is InChI=1S/C18H34N2O/c1-17(2)15(16(19-5)18(3,4)21-17)12-20(10-13-6-7-13)11-14-8-9-14/h13-16,19H,6-12H2,1-5H3. The quantitative estimate of drug-likeness (QED) is 0.781. The number of nitrogens with zero attached hydrogens (tertiary/aromatic N) is 1. The summed E-state index contributed by atoms with van der Waals surface area (Å²) >= 11 is 0.